The Balaban J connectivity index is 1.49. The zero-order valence-corrected chi connectivity index (χ0v) is 18.8. The van der Waals surface area contributed by atoms with Crippen LogP contribution in [0.5, 0.6) is 11.5 Å². The highest BCUT2D eigenvalue weighted by atomic mass is 32.2. The Kier molecular flexibility index (Phi) is 6.02. The normalized spacial score (nSPS) is 15.7. The molecular formula is C23H27N3O4S. The van der Waals surface area contributed by atoms with Crippen molar-refractivity contribution >= 4 is 10.0 Å². The molecule has 1 saturated heterocycles. The van der Waals surface area contributed by atoms with E-state index in [-0.39, 0.29) is 10.8 Å². The molecule has 0 radical (unpaired) electrons. The largest absolute Gasteiger partial charge is 0.497 e. The molecule has 0 atom stereocenters. The van der Waals surface area contributed by atoms with E-state index in [1.807, 2.05) is 12.1 Å². The maximum absolute atomic E-state index is 13.3. The first kappa shape index (κ1) is 21.4. The van der Waals surface area contributed by atoms with Crippen LogP contribution in [0, 0.1) is 6.92 Å². The maximum Gasteiger partial charge on any atom is 0.246 e. The van der Waals surface area contributed by atoms with E-state index in [4.69, 9.17) is 9.47 Å². The molecule has 4 rings (SSSR count). The van der Waals surface area contributed by atoms with Gasteiger partial charge in [-0.15, -0.1) is 0 Å². The van der Waals surface area contributed by atoms with Gasteiger partial charge in [0.15, 0.2) is 0 Å². The van der Waals surface area contributed by atoms with Crippen LogP contribution in [0.2, 0.25) is 0 Å². The molecule has 1 aromatic heterocycles. The summed E-state index contributed by atoms with van der Waals surface area (Å²) in [6.07, 6.45) is 1.45. The van der Waals surface area contributed by atoms with Crippen molar-refractivity contribution in [1.82, 2.24) is 14.5 Å². The number of piperidine rings is 1. The Labute approximate surface area is 183 Å². The molecule has 2 heterocycles. The van der Waals surface area contributed by atoms with Gasteiger partial charge in [-0.05, 0) is 44.0 Å². The lowest BCUT2D eigenvalue weighted by atomic mass is 9.94. The van der Waals surface area contributed by atoms with Crippen molar-refractivity contribution in [3.8, 4) is 22.8 Å². The first-order valence-electron chi connectivity index (χ1n) is 10.3. The van der Waals surface area contributed by atoms with Crippen molar-refractivity contribution in [3.63, 3.8) is 0 Å². The molecule has 0 saturated carbocycles. The Morgan fingerprint density at radius 3 is 2.48 bits per heavy atom. The van der Waals surface area contributed by atoms with Crippen LogP contribution in [0.4, 0.5) is 0 Å². The number of H-pyrrole nitrogens is 1. The minimum Gasteiger partial charge on any atom is -0.497 e. The van der Waals surface area contributed by atoms with Gasteiger partial charge in [0.1, 0.15) is 16.4 Å². The lowest BCUT2D eigenvalue weighted by molar-refractivity contribution is 0.314. The topological polar surface area (TPSA) is 84.5 Å². The van der Waals surface area contributed by atoms with Crippen LogP contribution in [0.15, 0.2) is 53.4 Å². The number of methoxy groups -OCH3 is 2. The van der Waals surface area contributed by atoms with Crippen molar-refractivity contribution in [1.29, 1.82) is 0 Å². The number of hydrogen-bond acceptors (Lipinski definition) is 5. The summed E-state index contributed by atoms with van der Waals surface area (Å²) < 4.78 is 38.6. The van der Waals surface area contributed by atoms with Crippen LogP contribution >= 0.6 is 0 Å². The SMILES string of the molecule is COc1ccc(OC)c(S(=O)(=O)N2CCC(c3cc(-c4cccc(C)c4)n[nH]3)CC2)c1. The molecule has 1 N–H and O–H groups in total. The van der Waals surface area contributed by atoms with Crippen molar-refractivity contribution in [2.24, 2.45) is 0 Å². The zero-order valence-electron chi connectivity index (χ0n) is 18.0. The predicted molar refractivity (Wildman–Crippen MR) is 119 cm³/mol. The maximum atomic E-state index is 13.3. The number of ether oxygens (including phenoxy) is 2. The zero-order chi connectivity index (χ0) is 22.0. The summed E-state index contributed by atoms with van der Waals surface area (Å²) in [5.41, 5.74) is 4.23. The fraction of sp³-hybridized carbons (Fsp3) is 0.348. The number of aryl methyl sites for hydroxylation is 1. The third kappa shape index (κ3) is 4.31. The van der Waals surface area contributed by atoms with Gasteiger partial charge >= 0.3 is 0 Å². The van der Waals surface area contributed by atoms with Gasteiger partial charge < -0.3 is 9.47 Å². The molecule has 7 nitrogen and oxygen atoms in total. The molecule has 3 aromatic rings. The minimum absolute atomic E-state index is 0.135. The number of hydrogen-bond donors (Lipinski definition) is 1. The highest BCUT2D eigenvalue weighted by Gasteiger charge is 2.33. The van der Waals surface area contributed by atoms with E-state index in [1.54, 1.807) is 12.1 Å². The van der Waals surface area contributed by atoms with Crippen LogP contribution in [0.3, 0.4) is 0 Å². The third-order valence-electron chi connectivity index (χ3n) is 5.79. The van der Waals surface area contributed by atoms with Crippen molar-refractivity contribution in [2.75, 3.05) is 27.3 Å². The van der Waals surface area contributed by atoms with E-state index in [0.717, 1.165) is 29.8 Å². The molecule has 1 fully saturated rings. The standard InChI is InChI=1S/C23H27N3O4S/c1-16-5-4-6-18(13-16)21-15-20(24-25-21)17-9-11-26(12-10-17)31(27,28)23-14-19(29-2)7-8-22(23)30-3/h4-8,13-15,17H,9-12H2,1-3H3,(H,24,25). The Morgan fingerprint density at radius 2 is 1.81 bits per heavy atom. The van der Waals surface area contributed by atoms with Gasteiger partial charge in [-0.25, -0.2) is 8.42 Å². The summed E-state index contributed by atoms with van der Waals surface area (Å²) in [5, 5.41) is 7.63. The molecular weight excluding hydrogens is 414 g/mol. The molecule has 31 heavy (non-hydrogen) atoms. The summed E-state index contributed by atoms with van der Waals surface area (Å²) in [4.78, 5) is 0.135. The monoisotopic (exact) mass is 441 g/mol. The second-order valence-corrected chi connectivity index (χ2v) is 9.68. The fourth-order valence-electron chi connectivity index (χ4n) is 4.03. The van der Waals surface area contributed by atoms with E-state index in [1.165, 1.54) is 30.2 Å². The number of sulfonamides is 1. The van der Waals surface area contributed by atoms with Crippen molar-refractivity contribution in [2.45, 2.75) is 30.6 Å². The van der Waals surface area contributed by atoms with Gasteiger partial charge in [0.2, 0.25) is 10.0 Å². The summed E-state index contributed by atoms with van der Waals surface area (Å²) in [7, 11) is -0.701. The van der Waals surface area contributed by atoms with E-state index >= 15 is 0 Å². The number of benzene rings is 2. The van der Waals surface area contributed by atoms with Crippen LogP contribution in [0.1, 0.15) is 30.0 Å². The molecule has 0 aliphatic carbocycles. The van der Waals surface area contributed by atoms with Gasteiger partial charge in [0.05, 0.1) is 19.9 Å². The Bertz CT molecular complexity index is 1170. The number of nitrogens with one attached hydrogen (secondary N) is 1. The summed E-state index contributed by atoms with van der Waals surface area (Å²) in [6, 6.07) is 15.1. The van der Waals surface area contributed by atoms with Gasteiger partial charge in [-0.1, -0.05) is 23.8 Å². The Hall–Kier alpha value is -2.84. The first-order chi connectivity index (χ1) is 14.9. The van der Waals surface area contributed by atoms with Gasteiger partial charge in [-0.3, -0.25) is 5.10 Å². The minimum atomic E-state index is -3.68. The van der Waals surface area contributed by atoms with Gasteiger partial charge in [0, 0.05) is 36.3 Å². The van der Waals surface area contributed by atoms with Gasteiger partial charge in [0.25, 0.3) is 0 Å². The molecule has 0 unspecified atom stereocenters. The molecule has 0 spiro atoms. The molecule has 164 valence electrons. The van der Waals surface area contributed by atoms with E-state index < -0.39 is 10.0 Å². The van der Waals surface area contributed by atoms with Crippen molar-refractivity contribution < 1.29 is 17.9 Å². The number of nitrogens with zero attached hydrogens (tertiary/aromatic N) is 2. The Morgan fingerprint density at radius 1 is 1.03 bits per heavy atom. The molecule has 0 bridgehead atoms. The highest BCUT2D eigenvalue weighted by Crippen LogP contribution is 2.35. The van der Waals surface area contributed by atoms with E-state index in [9.17, 15) is 8.42 Å². The highest BCUT2D eigenvalue weighted by molar-refractivity contribution is 7.89. The molecule has 2 aromatic carbocycles. The second kappa shape index (κ2) is 8.72. The average Bonchev–Trinajstić information content (AvgIpc) is 3.29. The molecule has 1 aliphatic heterocycles. The van der Waals surface area contributed by atoms with Crippen LogP contribution in [-0.4, -0.2) is 50.2 Å². The third-order valence-corrected chi connectivity index (χ3v) is 7.71. The molecule has 0 amide bonds. The summed E-state index contributed by atoms with van der Waals surface area (Å²) in [6.45, 7) is 2.93. The summed E-state index contributed by atoms with van der Waals surface area (Å²) >= 11 is 0. The van der Waals surface area contributed by atoms with Gasteiger partial charge in [-0.2, -0.15) is 9.40 Å². The van der Waals surface area contributed by atoms with Crippen LogP contribution in [0.25, 0.3) is 11.3 Å². The quantitative estimate of drug-likeness (QED) is 0.626. The average molecular weight is 442 g/mol. The van der Waals surface area contributed by atoms with E-state index in [0.29, 0.717) is 24.6 Å². The fourth-order valence-corrected chi connectivity index (χ4v) is 5.67. The smallest absolute Gasteiger partial charge is 0.246 e. The molecule has 1 aliphatic rings. The lowest BCUT2D eigenvalue weighted by Gasteiger charge is -2.31. The lowest BCUT2D eigenvalue weighted by Crippen LogP contribution is -2.38. The van der Waals surface area contributed by atoms with Crippen LogP contribution < -0.4 is 9.47 Å². The number of aromatic amines is 1. The number of rotatable bonds is 6. The van der Waals surface area contributed by atoms with Crippen LogP contribution in [-0.2, 0) is 10.0 Å². The predicted octanol–water partition coefficient (Wildman–Crippen LogP) is 3.97. The summed E-state index contributed by atoms with van der Waals surface area (Å²) in [5.74, 6) is 1.04. The number of aromatic nitrogens is 2. The van der Waals surface area contributed by atoms with Crippen molar-refractivity contribution in [3.05, 3.63) is 59.8 Å². The second-order valence-electron chi connectivity index (χ2n) is 7.77. The molecule has 8 heteroatoms. The van der Waals surface area contributed by atoms with E-state index in [2.05, 4.69) is 35.3 Å². The first-order valence-corrected chi connectivity index (χ1v) is 11.7.